The number of aryl methyl sites for hydroxylation is 1. The predicted molar refractivity (Wildman–Crippen MR) is 146 cm³/mol. The smallest absolute Gasteiger partial charge is 0.272 e. The Morgan fingerprint density at radius 3 is 2.92 bits per heavy atom. The molecule has 1 unspecified atom stereocenters. The molecule has 1 aliphatic rings. The zero-order chi connectivity index (χ0) is 26.5. The monoisotopic (exact) mass is 532 g/mol. The number of anilines is 2. The van der Waals surface area contributed by atoms with Crippen molar-refractivity contribution in [3.63, 3.8) is 0 Å². The summed E-state index contributed by atoms with van der Waals surface area (Å²) in [4.78, 5) is 26.3. The van der Waals surface area contributed by atoms with E-state index in [9.17, 15) is 4.79 Å². The summed E-state index contributed by atoms with van der Waals surface area (Å²) >= 11 is 6.10. The van der Waals surface area contributed by atoms with Crippen molar-refractivity contribution in [1.82, 2.24) is 30.2 Å². The van der Waals surface area contributed by atoms with Gasteiger partial charge in [0, 0.05) is 48.3 Å². The molecule has 10 nitrogen and oxygen atoms in total. The minimum atomic E-state index is -0.395. The van der Waals surface area contributed by atoms with E-state index < -0.39 is 6.04 Å². The lowest BCUT2D eigenvalue weighted by molar-refractivity contribution is 0.0277. The van der Waals surface area contributed by atoms with Gasteiger partial charge in [0.05, 0.1) is 18.8 Å². The molecule has 38 heavy (non-hydrogen) atoms. The van der Waals surface area contributed by atoms with Crippen LogP contribution in [0.1, 0.15) is 39.3 Å². The molecule has 3 heterocycles. The number of nitrogens with one attached hydrogen (secondary N) is 3. The van der Waals surface area contributed by atoms with Crippen LogP contribution in [0.25, 0.3) is 5.82 Å². The molecule has 4 aromatic rings. The van der Waals surface area contributed by atoms with E-state index in [0.717, 1.165) is 35.5 Å². The van der Waals surface area contributed by atoms with Crippen LogP contribution in [0, 0.1) is 6.92 Å². The van der Waals surface area contributed by atoms with Crippen LogP contribution in [0.5, 0.6) is 0 Å². The molecule has 5 rings (SSSR count). The number of carbonyl (C=O) groups excluding carboxylic acids is 1. The Hall–Kier alpha value is -3.83. The maximum absolute atomic E-state index is 12.9. The lowest BCUT2D eigenvalue weighted by atomic mass is 10.1. The van der Waals surface area contributed by atoms with Crippen molar-refractivity contribution in [2.45, 2.75) is 19.1 Å². The van der Waals surface area contributed by atoms with Crippen LogP contribution in [0.3, 0.4) is 0 Å². The van der Waals surface area contributed by atoms with E-state index in [4.69, 9.17) is 22.1 Å². The number of aromatic nitrogens is 4. The van der Waals surface area contributed by atoms with Gasteiger partial charge in [-0.25, -0.2) is 9.97 Å². The normalized spacial score (nSPS) is 16.1. The highest BCUT2D eigenvalue weighted by molar-refractivity contribution is 6.30. The Morgan fingerprint density at radius 2 is 2.13 bits per heavy atom. The van der Waals surface area contributed by atoms with Crippen molar-refractivity contribution < 1.29 is 9.53 Å². The molecule has 0 aliphatic carbocycles. The van der Waals surface area contributed by atoms with Crippen molar-refractivity contribution in [3.05, 3.63) is 94.7 Å². The number of halogens is 1. The molecule has 1 aliphatic heterocycles. The second-order valence-corrected chi connectivity index (χ2v) is 9.43. The standard InChI is InChI=1S/C27H29ClN8O2/c1-17-13-31-27(33-21-7-3-5-19(11-21)24-14-30-8-9-38-24)35-25(17)36-15-23(32-16-36)26(37)34-22(12-29)18-4-2-6-20(28)10-18/h2-7,10-11,13,15-16,22,24,30H,8-9,12,14,29H2,1H3,(H,34,37)(H,31,33,35)/t22?,24-/m1/s1. The SMILES string of the molecule is Cc1cnc(Nc2cccc([C@H]3CNCCO3)c2)nc1-n1cnc(C(=O)NC(CN)c2cccc(Cl)c2)c1. The fraction of sp³-hybridized carbons (Fsp3) is 0.259. The number of hydrogen-bond acceptors (Lipinski definition) is 8. The van der Waals surface area contributed by atoms with Crippen molar-refractivity contribution in [2.75, 3.05) is 31.6 Å². The second kappa shape index (κ2) is 11.7. The average Bonchev–Trinajstić information content (AvgIpc) is 3.44. The maximum atomic E-state index is 12.9. The predicted octanol–water partition coefficient (Wildman–Crippen LogP) is 3.46. The Morgan fingerprint density at radius 1 is 1.26 bits per heavy atom. The van der Waals surface area contributed by atoms with Gasteiger partial charge in [0.25, 0.3) is 5.91 Å². The number of hydrogen-bond donors (Lipinski definition) is 4. The number of nitrogens with zero attached hydrogens (tertiary/aromatic N) is 4. The minimum Gasteiger partial charge on any atom is -0.371 e. The highest BCUT2D eigenvalue weighted by Crippen LogP contribution is 2.24. The molecule has 2 atom stereocenters. The number of nitrogens with two attached hydrogens (primary N) is 1. The minimum absolute atomic E-state index is 0.00765. The van der Waals surface area contributed by atoms with E-state index in [2.05, 4.69) is 30.9 Å². The molecule has 1 amide bonds. The lowest BCUT2D eigenvalue weighted by Crippen LogP contribution is -2.33. The Balaban J connectivity index is 1.31. The molecule has 5 N–H and O–H groups in total. The summed E-state index contributed by atoms with van der Waals surface area (Å²) in [5.41, 5.74) is 9.74. The third-order valence-electron chi connectivity index (χ3n) is 6.24. The Kier molecular flexibility index (Phi) is 7.94. The van der Waals surface area contributed by atoms with Gasteiger partial charge in [0.15, 0.2) is 0 Å². The van der Waals surface area contributed by atoms with E-state index in [1.165, 1.54) is 0 Å². The quantitative estimate of drug-likeness (QED) is 0.271. The number of ether oxygens (including phenoxy) is 1. The van der Waals surface area contributed by atoms with Gasteiger partial charge in [-0.3, -0.25) is 9.36 Å². The summed E-state index contributed by atoms with van der Waals surface area (Å²) in [5.74, 6) is 0.685. The van der Waals surface area contributed by atoms with Gasteiger partial charge in [0.1, 0.15) is 17.8 Å². The Labute approximate surface area is 225 Å². The first kappa shape index (κ1) is 25.8. The molecule has 11 heteroatoms. The molecule has 0 bridgehead atoms. The Bertz CT molecular complexity index is 1420. The number of morpholine rings is 1. The molecule has 0 saturated carbocycles. The van der Waals surface area contributed by atoms with Gasteiger partial charge in [-0.1, -0.05) is 35.9 Å². The van der Waals surface area contributed by atoms with Crippen molar-refractivity contribution in [2.24, 2.45) is 5.73 Å². The van der Waals surface area contributed by atoms with Crippen molar-refractivity contribution in [1.29, 1.82) is 0 Å². The summed E-state index contributed by atoms with van der Waals surface area (Å²) in [6.07, 6.45) is 4.92. The van der Waals surface area contributed by atoms with Crippen LogP contribution in [0.4, 0.5) is 11.6 Å². The highest BCUT2D eigenvalue weighted by atomic mass is 35.5. The maximum Gasteiger partial charge on any atom is 0.272 e. The van der Waals surface area contributed by atoms with Crippen molar-refractivity contribution in [3.8, 4) is 5.82 Å². The van der Waals surface area contributed by atoms with E-state index in [1.54, 1.807) is 35.4 Å². The largest absolute Gasteiger partial charge is 0.371 e. The highest BCUT2D eigenvalue weighted by Gasteiger charge is 2.19. The zero-order valence-electron chi connectivity index (χ0n) is 20.9. The summed E-state index contributed by atoms with van der Waals surface area (Å²) in [6.45, 7) is 4.44. The van der Waals surface area contributed by atoms with E-state index in [0.29, 0.717) is 23.4 Å². The average molecular weight is 533 g/mol. The van der Waals surface area contributed by atoms with E-state index >= 15 is 0 Å². The number of amides is 1. The second-order valence-electron chi connectivity index (χ2n) is 9.00. The summed E-state index contributed by atoms with van der Waals surface area (Å²) in [7, 11) is 0. The summed E-state index contributed by atoms with van der Waals surface area (Å²) < 4.78 is 7.57. The van der Waals surface area contributed by atoms with Gasteiger partial charge < -0.3 is 26.4 Å². The molecule has 2 aromatic carbocycles. The van der Waals surface area contributed by atoms with E-state index in [1.807, 2.05) is 43.3 Å². The first-order chi connectivity index (χ1) is 18.5. The first-order valence-electron chi connectivity index (χ1n) is 12.3. The van der Waals surface area contributed by atoms with Gasteiger partial charge in [-0.05, 0) is 42.3 Å². The number of imidazole rings is 1. The molecule has 0 spiro atoms. The molecule has 196 valence electrons. The van der Waals surface area contributed by atoms with Crippen LogP contribution in [-0.2, 0) is 4.74 Å². The fourth-order valence-corrected chi connectivity index (χ4v) is 4.47. The van der Waals surface area contributed by atoms with Crippen LogP contribution < -0.4 is 21.7 Å². The molecule has 1 fully saturated rings. The van der Waals surface area contributed by atoms with Gasteiger partial charge in [0.2, 0.25) is 5.95 Å². The number of carbonyl (C=O) groups is 1. The fourth-order valence-electron chi connectivity index (χ4n) is 4.27. The number of rotatable bonds is 8. The third-order valence-corrected chi connectivity index (χ3v) is 6.47. The molecule has 1 saturated heterocycles. The third kappa shape index (κ3) is 6.00. The van der Waals surface area contributed by atoms with Crippen LogP contribution in [-0.4, -0.2) is 51.7 Å². The number of benzene rings is 2. The lowest BCUT2D eigenvalue weighted by Gasteiger charge is -2.24. The van der Waals surface area contributed by atoms with E-state index in [-0.39, 0.29) is 24.2 Å². The first-order valence-corrected chi connectivity index (χ1v) is 12.7. The molecule has 0 radical (unpaired) electrons. The van der Waals surface area contributed by atoms with Gasteiger partial charge >= 0.3 is 0 Å². The summed E-state index contributed by atoms with van der Waals surface area (Å²) in [5, 5.41) is 10.1. The van der Waals surface area contributed by atoms with Crippen LogP contribution in [0.2, 0.25) is 5.02 Å². The molecular weight excluding hydrogens is 504 g/mol. The van der Waals surface area contributed by atoms with Crippen LogP contribution >= 0.6 is 11.6 Å². The van der Waals surface area contributed by atoms with Crippen LogP contribution in [0.15, 0.2) is 67.3 Å². The molecular formula is C27H29ClN8O2. The molecule has 2 aromatic heterocycles. The topological polar surface area (TPSA) is 132 Å². The van der Waals surface area contributed by atoms with Gasteiger partial charge in [-0.15, -0.1) is 0 Å². The zero-order valence-corrected chi connectivity index (χ0v) is 21.7. The van der Waals surface area contributed by atoms with Crippen molar-refractivity contribution >= 4 is 29.1 Å². The van der Waals surface area contributed by atoms with Gasteiger partial charge in [-0.2, -0.15) is 4.98 Å². The summed E-state index contributed by atoms with van der Waals surface area (Å²) in [6, 6.07) is 14.9.